The molecule has 0 amide bonds. The predicted molar refractivity (Wildman–Crippen MR) is 67.9 cm³/mol. The number of nitrogens with zero attached hydrogens (tertiary/aromatic N) is 1. The van der Waals surface area contributed by atoms with Gasteiger partial charge in [-0.3, -0.25) is 10.1 Å². The first kappa shape index (κ1) is 13.8. The number of aryl methyl sites for hydroxylation is 1. The van der Waals surface area contributed by atoms with Crippen LogP contribution in [0.15, 0.2) is 18.2 Å². The van der Waals surface area contributed by atoms with Crippen molar-refractivity contribution in [3.63, 3.8) is 0 Å². The topological polar surface area (TPSA) is 52.4 Å². The summed E-state index contributed by atoms with van der Waals surface area (Å²) in [5.74, 6) is 0.951. The van der Waals surface area contributed by atoms with Gasteiger partial charge >= 0.3 is 5.69 Å². The summed E-state index contributed by atoms with van der Waals surface area (Å²) in [6, 6.07) is 5.05. The molecule has 0 N–H and O–H groups in total. The molecule has 94 valence electrons. The Labute approximate surface area is 106 Å². The molecule has 5 heteroatoms. The molecule has 0 aliphatic carbocycles. The third-order valence-corrected chi connectivity index (χ3v) is 2.94. The lowest BCUT2D eigenvalue weighted by Crippen LogP contribution is -2.10. The van der Waals surface area contributed by atoms with Crippen LogP contribution in [-0.4, -0.2) is 17.4 Å². The number of benzene rings is 1. The average Bonchev–Trinajstić information content (AvgIpc) is 2.35. The van der Waals surface area contributed by atoms with Gasteiger partial charge in [0.2, 0.25) is 0 Å². The van der Waals surface area contributed by atoms with E-state index >= 15 is 0 Å². The van der Waals surface area contributed by atoms with E-state index in [1.807, 2.05) is 19.9 Å². The molecular weight excluding hydrogens is 242 g/mol. The Hall–Kier alpha value is -1.29. The van der Waals surface area contributed by atoms with Gasteiger partial charge in [0.05, 0.1) is 11.5 Å². The number of alkyl halides is 1. The summed E-state index contributed by atoms with van der Waals surface area (Å²) in [4.78, 5) is 10.5. The highest BCUT2D eigenvalue weighted by molar-refractivity contribution is 6.18. The van der Waals surface area contributed by atoms with E-state index in [1.165, 1.54) is 0 Å². The third kappa shape index (κ3) is 3.89. The Morgan fingerprint density at radius 1 is 1.53 bits per heavy atom. The lowest BCUT2D eigenvalue weighted by Gasteiger charge is -2.10. The van der Waals surface area contributed by atoms with E-state index in [-0.39, 0.29) is 11.6 Å². The molecule has 0 saturated heterocycles. The first-order valence-electron chi connectivity index (χ1n) is 5.54. The van der Waals surface area contributed by atoms with Crippen LogP contribution < -0.4 is 4.74 Å². The minimum Gasteiger partial charge on any atom is -0.486 e. The highest BCUT2D eigenvalue weighted by atomic mass is 35.5. The van der Waals surface area contributed by atoms with Crippen LogP contribution in [0.2, 0.25) is 0 Å². The smallest absolute Gasteiger partial charge is 0.311 e. The first-order valence-corrected chi connectivity index (χ1v) is 6.08. The average molecular weight is 258 g/mol. The highest BCUT2D eigenvalue weighted by Gasteiger charge is 2.16. The molecule has 0 aromatic heterocycles. The standard InChI is InChI=1S/C12H16ClNO3/c1-3-10-4-5-12(11(6-10)14(15)16)17-8-9(2)7-13/h4-6,9H,3,7-8H2,1-2H3. The van der Waals surface area contributed by atoms with Gasteiger partial charge in [0.15, 0.2) is 5.75 Å². The quantitative estimate of drug-likeness (QED) is 0.446. The maximum Gasteiger partial charge on any atom is 0.311 e. The fourth-order valence-corrected chi connectivity index (χ4v) is 1.41. The molecule has 1 unspecified atom stereocenters. The SMILES string of the molecule is CCc1ccc(OCC(C)CCl)c([N+](=O)[O-])c1. The molecule has 0 aliphatic rings. The van der Waals surface area contributed by atoms with Crippen molar-refractivity contribution < 1.29 is 9.66 Å². The Bertz CT molecular complexity index is 395. The second-order valence-electron chi connectivity index (χ2n) is 3.98. The Morgan fingerprint density at radius 3 is 2.76 bits per heavy atom. The van der Waals surface area contributed by atoms with Crippen molar-refractivity contribution in [2.75, 3.05) is 12.5 Å². The van der Waals surface area contributed by atoms with Gasteiger partial charge in [0.25, 0.3) is 0 Å². The minimum absolute atomic E-state index is 0.0196. The highest BCUT2D eigenvalue weighted by Crippen LogP contribution is 2.28. The van der Waals surface area contributed by atoms with Crippen molar-refractivity contribution >= 4 is 17.3 Å². The van der Waals surface area contributed by atoms with Crippen LogP contribution in [0.1, 0.15) is 19.4 Å². The number of halogens is 1. The van der Waals surface area contributed by atoms with Gasteiger partial charge in [-0.1, -0.05) is 19.9 Å². The molecule has 0 aliphatic heterocycles. The second kappa shape index (κ2) is 6.45. The molecule has 4 nitrogen and oxygen atoms in total. The molecule has 0 bridgehead atoms. The van der Waals surface area contributed by atoms with Gasteiger partial charge in [0.1, 0.15) is 0 Å². The molecule has 1 atom stereocenters. The molecule has 0 radical (unpaired) electrons. The van der Waals surface area contributed by atoms with E-state index in [0.717, 1.165) is 12.0 Å². The Kier molecular flexibility index (Phi) is 5.22. The van der Waals surface area contributed by atoms with Gasteiger partial charge in [0, 0.05) is 17.9 Å². The van der Waals surface area contributed by atoms with Gasteiger partial charge in [-0.05, 0) is 18.1 Å². The number of rotatable bonds is 6. The molecule has 17 heavy (non-hydrogen) atoms. The summed E-state index contributed by atoms with van der Waals surface area (Å²) in [6.45, 7) is 4.27. The zero-order chi connectivity index (χ0) is 12.8. The summed E-state index contributed by atoms with van der Waals surface area (Å²) in [6.07, 6.45) is 0.763. The Balaban J connectivity index is 2.87. The lowest BCUT2D eigenvalue weighted by atomic mass is 10.1. The van der Waals surface area contributed by atoms with Gasteiger partial charge in [-0.25, -0.2) is 0 Å². The summed E-state index contributed by atoms with van der Waals surface area (Å²) >= 11 is 5.65. The Morgan fingerprint density at radius 2 is 2.24 bits per heavy atom. The summed E-state index contributed by atoms with van der Waals surface area (Å²) < 4.78 is 5.42. The summed E-state index contributed by atoms with van der Waals surface area (Å²) in [5, 5.41) is 10.9. The van der Waals surface area contributed by atoms with Crippen LogP contribution in [0.3, 0.4) is 0 Å². The molecule has 1 rings (SSSR count). The van der Waals surface area contributed by atoms with Crippen LogP contribution in [0, 0.1) is 16.0 Å². The largest absolute Gasteiger partial charge is 0.486 e. The van der Waals surface area contributed by atoms with Gasteiger partial charge in [-0.15, -0.1) is 11.6 Å². The molecule has 0 fully saturated rings. The van der Waals surface area contributed by atoms with E-state index in [9.17, 15) is 10.1 Å². The van der Waals surface area contributed by atoms with Crippen LogP contribution in [0.4, 0.5) is 5.69 Å². The van der Waals surface area contributed by atoms with Crippen molar-refractivity contribution in [2.45, 2.75) is 20.3 Å². The molecule has 1 aromatic rings. The predicted octanol–water partition coefficient (Wildman–Crippen LogP) is 3.41. The number of hydrogen-bond donors (Lipinski definition) is 0. The second-order valence-corrected chi connectivity index (χ2v) is 4.29. The molecule has 0 saturated carbocycles. The minimum atomic E-state index is -0.417. The van der Waals surface area contributed by atoms with Crippen molar-refractivity contribution in [2.24, 2.45) is 5.92 Å². The van der Waals surface area contributed by atoms with Crippen LogP contribution in [0.25, 0.3) is 0 Å². The lowest BCUT2D eigenvalue weighted by molar-refractivity contribution is -0.386. The van der Waals surface area contributed by atoms with Crippen molar-refractivity contribution in [1.82, 2.24) is 0 Å². The molecule has 0 heterocycles. The fraction of sp³-hybridized carbons (Fsp3) is 0.500. The van der Waals surface area contributed by atoms with Crippen molar-refractivity contribution in [3.05, 3.63) is 33.9 Å². The molecule has 1 aromatic carbocycles. The van der Waals surface area contributed by atoms with Crippen molar-refractivity contribution in [3.8, 4) is 5.75 Å². The van der Waals surface area contributed by atoms with E-state index < -0.39 is 4.92 Å². The van der Waals surface area contributed by atoms with E-state index in [1.54, 1.807) is 12.1 Å². The maximum atomic E-state index is 10.9. The van der Waals surface area contributed by atoms with Gasteiger partial charge < -0.3 is 4.74 Å². The normalized spacial score (nSPS) is 12.2. The van der Waals surface area contributed by atoms with E-state index in [2.05, 4.69) is 0 Å². The monoisotopic (exact) mass is 257 g/mol. The number of nitro benzene ring substituents is 1. The fourth-order valence-electron chi connectivity index (χ4n) is 1.32. The zero-order valence-corrected chi connectivity index (χ0v) is 10.7. The number of nitro groups is 1. The van der Waals surface area contributed by atoms with Crippen LogP contribution >= 0.6 is 11.6 Å². The van der Waals surface area contributed by atoms with E-state index in [4.69, 9.17) is 16.3 Å². The van der Waals surface area contributed by atoms with Gasteiger partial charge in [-0.2, -0.15) is 0 Å². The van der Waals surface area contributed by atoms with Crippen LogP contribution in [-0.2, 0) is 6.42 Å². The molecule has 0 spiro atoms. The summed E-state index contributed by atoms with van der Waals surface area (Å²) in [5.41, 5.74) is 0.945. The van der Waals surface area contributed by atoms with E-state index in [0.29, 0.717) is 18.2 Å². The number of ether oxygens (including phenoxy) is 1. The third-order valence-electron chi connectivity index (χ3n) is 2.42. The van der Waals surface area contributed by atoms with Crippen molar-refractivity contribution in [1.29, 1.82) is 0 Å². The zero-order valence-electron chi connectivity index (χ0n) is 9.98. The van der Waals surface area contributed by atoms with Crippen LogP contribution in [0.5, 0.6) is 5.75 Å². The first-order chi connectivity index (χ1) is 8.08. The maximum absolute atomic E-state index is 10.9. The molecular formula is C12H16ClNO3. The number of hydrogen-bond acceptors (Lipinski definition) is 3. The summed E-state index contributed by atoms with van der Waals surface area (Å²) in [7, 11) is 0.